The van der Waals surface area contributed by atoms with E-state index in [1.54, 1.807) is 12.1 Å². The van der Waals surface area contributed by atoms with Crippen LogP contribution in [0.2, 0.25) is 20.1 Å². The van der Waals surface area contributed by atoms with Crippen LogP contribution < -0.4 is 48.8 Å². The van der Waals surface area contributed by atoms with Crippen molar-refractivity contribution in [2.75, 3.05) is 70.5 Å². The van der Waals surface area contributed by atoms with E-state index in [1.165, 1.54) is 0 Å². The Kier molecular flexibility index (Phi) is 31.0. The number of esters is 2. The Balaban J connectivity index is 0.722. The summed E-state index contributed by atoms with van der Waals surface area (Å²) in [5, 5.41) is 38.6. The molecule has 5 heterocycles. The van der Waals surface area contributed by atoms with Gasteiger partial charge in [0.15, 0.2) is 17.4 Å². The number of carbonyl (C=O) groups excluding carboxylic acids is 7. The highest BCUT2D eigenvalue weighted by Gasteiger charge is 2.60. The summed E-state index contributed by atoms with van der Waals surface area (Å²) in [4.78, 5) is 121. The number of nitrogens with two attached hydrogens (primary N) is 1. The van der Waals surface area contributed by atoms with Gasteiger partial charge >= 0.3 is 29.6 Å². The van der Waals surface area contributed by atoms with Crippen LogP contribution in [0.5, 0.6) is 5.75 Å². The monoisotopic (exact) mass is 1930 g/mol. The quantitative estimate of drug-likeness (QED) is 0.00342. The van der Waals surface area contributed by atoms with Crippen LogP contribution in [0.4, 0.5) is 19.4 Å². The third kappa shape index (κ3) is 21.3. The second kappa shape index (κ2) is 38.0. The third-order valence-corrected chi connectivity index (χ3v) is 23.6. The highest BCUT2D eigenvalue weighted by atomic mass is 127. The topological polar surface area (TPSA) is 354 Å². The fraction of sp³-hybridized carbons (Fsp3) is 0.524. The van der Waals surface area contributed by atoms with Crippen molar-refractivity contribution in [3.63, 3.8) is 0 Å². The summed E-state index contributed by atoms with van der Waals surface area (Å²) in [5.74, 6) is -5.47. The number of hydrogen-bond donors (Lipinski definition) is 9. The first-order chi connectivity index (χ1) is 47.2. The Morgan fingerprint density at radius 1 is 0.737 bits per heavy atom. The largest absolute Gasteiger partial charge is 0.506 e. The molecule has 1 aromatic heterocycles. The van der Waals surface area contributed by atoms with Crippen molar-refractivity contribution in [3.8, 4) is 28.2 Å². The van der Waals surface area contributed by atoms with Gasteiger partial charge in [-0.15, -0.1) is 0 Å². The zero-order valence-electron chi connectivity index (χ0n) is 53.0. The summed E-state index contributed by atoms with van der Waals surface area (Å²) in [6.07, 6.45) is 2.73. The van der Waals surface area contributed by atoms with E-state index in [2.05, 4.69) is 36.9 Å². The van der Waals surface area contributed by atoms with Crippen molar-refractivity contribution in [1.29, 1.82) is 0 Å². The first-order valence-electron chi connectivity index (χ1n) is 31.9. The van der Waals surface area contributed by atoms with Crippen LogP contribution in [0.15, 0.2) is 38.4 Å². The number of anilines is 1. The lowest BCUT2D eigenvalue weighted by Crippen LogP contribution is -2.43. The van der Waals surface area contributed by atoms with Gasteiger partial charge in [-0.25, -0.2) is 14.4 Å². The maximum absolute atomic E-state index is 14.9. The van der Waals surface area contributed by atoms with Gasteiger partial charge in [0.1, 0.15) is 34.5 Å². The molecule has 0 saturated carbocycles. The van der Waals surface area contributed by atoms with E-state index >= 15 is 0 Å². The number of aromatic nitrogens is 2. The molecule has 8 rings (SSSR count). The third-order valence-electron chi connectivity index (χ3n) is 16.7. The van der Waals surface area contributed by atoms with Crippen LogP contribution in [0, 0.1) is 14.3 Å². The highest BCUT2D eigenvalue weighted by Crippen LogP contribution is 2.53. The molecule has 4 aliphatic heterocycles. The summed E-state index contributed by atoms with van der Waals surface area (Å²) < 4.78 is 53.9. The van der Waals surface area contributed by atoms with E-state index in [4.69, 9.17) is 70.8 Å². The number of phenols is 1. The number of halogens is 10. The first-order valence-corrected chi connectivity index (χ1v) is 38.7. The average molecular weight is 1930 g/mol. The molecule has 3 saturated heterocycles. The van der Waals surface area contributed by atoms with Crippen LogP contribution in [-0.2, 0) is 38.2 Å². The number of phenolic OH excluding ortho intramolecular Hbond substituents is 1. The highest BCUT2D eigenvalue weighted by molar-refractivity contribution is 14.1. The predicted molar refractivity (Wildman–Crippen MR) is 404 cm³/mol. The number of benzene rings is 3. The summed E-state index contributed by atoms with van der Waals surface area (Å²) in [6.45, 7) is 1.25. The van der Waals surface area contributed by atoms with Gasteiger partial charge in [-0.1, -0.05) is 78.5 Å². The number of alkyl halides is 2. The fourth-order valence-corrected chi connectivity index (χ4v) is 17.7. The van der Waals surface area contributed by atoms with Gasteiger partial charge in [0, 0.05) is 111 Å². The molecule has 3 unspecified atom stereocenters. The number of thioether (sulfide) groups is 1. The molecule has 3 aromatic rings. The van der Waals surface area contributed by atoms with Crippen molar-refractivity contribution in [2.45, 2.75) is 144 Å². The van der Waals surface area contributed by atoms with E-state index in [1.807, 2.05) is 107 Å². The molecule has 10 N–H and O–H groups in total. The number of nitrogen functional groups attached to an aromatic ring is 1. The lowest BCUT2D eigenvalue weighted by molar-refractivity contribution is -0.150. The number of nitrogens with zero attached hydrogens (tertiary/aromatic N) is 3. The minimum absolute atomic E-state index is 0.0423. The number of aliphatic hydroxyl groups is 1. The molecule has 5 aliphatic rings. The van der Waals surface area contributed by atoms with Crippen LogP contribution in [0.3, 0.4) is 0 Å². The summed E-state index contributed by atoms with van der Waals surface area (Å²) >= 11 is 36.5. The van der Waals surface area contributed by atoms with Gasteiger partial charge in [0.05, 0.1) is 55.0 Å². The fourth-order valence-electron chi connectivity index (χ4n) is 11.5. The molecule has 99 heavy (non-hydrogen) atoms. The normalized spacial score (nSPS) is 18.5. The maximum atomic E-state index is 14.9. The number of carbonyl (C=O) groups is 7. The molecular weight excluding hydrogens is 1860 g/mol. The number of aromatic hydroxyl groups is 1. The maximum Gasteiger partial charge on any atom is 0.351 e. The van der Waals surface area contributed by atoms with Crippen LogP contribution >= 0.6 is 149 Å². The molecule has 3 fully saturated rings. The average Bonchev–Trinajstić information content (AvgIpc) is 1.43. The van der Waals surface area contributed by atoms with E-state index < -0.39 is 48.6 Å². The standard InChI is InChI=1S/C63H72Cl4F2I4N10O15S/c64-47-45(44-31-27-33(70)54(89)51(72)56(31)98-57-32(44)28-34(71)55(90)52(57)73)46(48(65)50(67)49(47)66)59(92)95-26-21-78-42(87)14-6-2-1-5-12-39(84)75-18-23-82(25-20-77-41(86)15-10-9-11-37-53-35(30-99-37)79-61(93)81-53)24-19-76-40(85)13-7-3-4-8-16-43(88)96-29-36-58(91)63(68,69)60(97-36)83-22-17-38(74)80-62(83)94/h17,22,27-28,35-37,53,58,60,89,91H,1-16,18-21,23-26,29-30H2,(H,75,84)(H,76,85)(H,77,86)(H,78,87)(H2,74,80,94)(H2,79,81,93)/t35?,36-,37?,53?,58-,60-/m1/s1. The van der Waals surface area contributed by atoms with Crippen LogP contribution in [0.1, 0.15) is 119 Å². The zero-order chi connectivity index (χ0) is 71.8. The number of fused-ring (bicyclic) bond motifs is 3. The lowest BCUT2D eigenvalue weighted by atomic mass is 9.90. The Labute approximate surface area is 646 Å². The minimum atomic E-state index is -3.90. The van der Waals surface area contributed by atoms with Crippen molar-refractivity contribution in [2.24, 2.45) is 0 Å². The molecule has 0 radical (unpaired) electrons. The van der Waals surface area contributed by atoms with E-state index in [0.29, 0.717) is 141 Å². The summed E-state index contributed by atoms with van der Waals surface area (Å²) in [7, 11) is 0. The van der Waals surface area contributed by atoms with Crippen molar-refractivity contribution in [1.82, 2.24) is 46.4 Å². The number of aliphatic hydroxyl groups excluding tert-OH is 1. The van der Waals surface area contributed by atoms with Gasteiger partial charge in [-0.2, -0.15) is 25.5 Å². The smallest absolute Gasteiger partial charge is 0.351 e. The molecule has 2 aromatic carbocycles. The molecule has 0 bridgehead atoms. The molecule has 6 amide bonds. The Hall–Kier alpha value is -4.13. The van der Waals surface area contributed by atoms with E-state index in [9.17, 15) is 62.1 Å². The van der Waals surface area contributed by atoms with E-state index in [-0.39, 0.29) is 144 Å². The SMILES string of the molecule is Nc1ccn([C@@H]2O[C@H](COC(=O)CCCCCCC(=O)NCCN(CCNC(=O)CCCCCCC(=O)NCCOC(=O)c3c(Cl)c(Cl)c(Cl)c(Cl)c3-c3c4cc(I)c(=O)c(I)c-4oc4c(I)c(O)c(I)cc34)CCNC(=O)CCCCC3SCC4NC(=O)NC43)[C@@H](O)C2(F)F)c(=O)n1. The van der Waals surface area contributed by atoms with Crippen LogP contribution in [-0.4, -0.2) is 167 Å². The first kappa shape index (κ1) is 80.6. The molecule has 540 valence electrons. The van der Waals surface area contributed by atoms with Gasteiger partial charge in [-0.3, -0.25) is 38.2 Å². The Bertz CT molecular complexity index is 3910. The number of nitrogens with one attached hydrogen (secondary N) is 6. The predicted octanol–water partition coefficient (Wildman–Crippen LogP) is 9.91. The van der Waals surface area contributed by atoms with Gasteiger partial charge in [0.25, 0.3) is 0 Å². The second-order valence-corrected chi connectivity index (χ2v) is 31.0. The number of rotatable bonds is 36. The summed E-state index contributed by atoms with van der Waals surface area (Å²) in [5.41, 5.74) is 4.75. The Morgan fingerprint density at radius 3 is 1.90 bits per heavy atom. The second-order valence-electron chi connectivity index (χ2n) is 23.7. The van der Waals surface area contributed by atoms with Crippen LogP contribution in [0.25, 0.3) is 33.4 Å². The molecule has 25 nitrogen and oxygen atoms in total. The number of unbranched alkanes of at least 4 members (excludes halogenated alkanes) is 7. The number of amides is 6. The summed E-state index contributed by atoms with van der Waals surface area (Å²) in [6, 6.07) is 4.46. The Morgan fingerprint density at radius 2 is 1.30 bits per heavy atom. The van der Waals surface area contributed by atoms with Gasteiger partial charge in [0.2, 0.25) is 35.3 Å². The van der Waals surface area contributed by atoms with Gasteiger partial charge in [-0.05, 0) is 147 Å². The van der Waals surface area contributed by atoms with E-state index in [0.717, 1.165) is 30.9 Å². The van der Waals surface area contributed by atoms with Crippen molar-refractivity contribution >= 4 is 207 Å². The van der Waals surface area contributed by atoms with Gasteiger partial charge < -0.3 is 66.5 Å². The molecule has 6 atom stereocenters. The molecule has 0 spiro atoms. The lowest BCUT2D eigenvalue weighted by Gasteiger charge is -2.23. The molecule has 36 heteroatoms. The molecule has 1 aliphatic carbocycles. The molecular formula is C63H72Cl4F2I4N10O15S. The van der Waals surface area contributed by atoms with Crippen molar-refractivity contribution in [3.05, 3.63) is 85.0 Å². The zero-order valence-corrected chi connectivity index (χ0v) is 65.4. The number of ether oxygens (including phenoxy) is 3. The number of hydrogen-bond acceptors (Lipinski definition) is 19. The minimum Gasteiger partial charge on any atom is -0.506 e. The number of urea groups is 1. The van der Waals surface area contributed by atoms with Crippen molar-refractivity contribution < 1.29 is 71.2 Å².